The van der Waals surface area contributed by atoms with Crippen LogP contribution in [0.3, 0.4) is 0 Å². The molecule has 3 aromatic rings. The number of carbonyl (C=O) groups excluding carboxylic acids is 1. The van der Waals surface area contributed by atoms with Gasteiger partial charge in [0.15, 0.2) is 10.9 Å². The van der Waals surface area contributed by atoms with Crippen molar-refractivity contribution in [3.05, 3.63) is 77.1 Å². The number of hydrogen-bond acceptors (Lipinski definition) is 4. The number of thioether (sulfide) groups is 1. The fraction of sp³-hybridized carbons (Fsp3) is 0.318. The summed E-state index contributed by atoms with van der Waals surface area (Å²) in [6, 6.07) is 18.1. The first-order chi connectivity index (χ1) is 13.1. The fourth-order valence-electron chi connectivity index (χ4n) is 3.11. The van der Waals surface area contributed by atoms with Gasteiger partial charge in [-0.25, -0.2) is 0 Å². The van der Waals surface area contributed by atoms with Crippen molar-refractivity contribution in [2.45, 2.75) is 49.6 Å². The van der Waals surface area contributed by atoms with Crippen LogP contribution in [0.5, 0.6) is 0 Å². The maximum absolute atomic E-state index is 12.8. The summed E-state index contributed by atoms with van der Waals surface area (Å²) >= 11 is 1.50. The van der Waals surface area contributed by atoms with E-state index >= 15 is 0 Å². The number of Topliss-reactive ketones (excluding diaryl/α,β-unsaturated/α-hetero) is 1. The molecule has 1 atom stereocenters. The molecule has 1 aliphatic rings. The van der Waals surface area contributed by atoms with Gasteiger partial charge < -0.3 is 4.57 Å². The summed E-state index contributed by atoms with van der Waals surface area (Å²) in [6.45, 7) is 4.72. The van der Waals surface area contributed by atoms with Crippen LogP contribution in [0.1, 0.15) is 53.0 Å². The van der Waals surface area contributed by atoms with E-state index in [1.165, 1.54) is 30.2 Å². The molecule has 138 valence electrons. The van der Waals surface area contributed by atoms with Crippen LogP contribution in [0.4, 0.5) is 0 Å². The first kappa shape index (κ1) is 18.0. The summed E-state index contributed by atoms with van der Waals surface area (Å²) in [7, 11) is 0. The van der Waals surface area contributed by atoms with Crippen LogP contribution in [-0.4, -0.2) is 25.8 Å². The average Bonchev–Trinajstić information content (AvgIpc) is 3.46. The first-order valence-electron chi connectivity index (χ1n) is 9.36. The molecule has 0 unspecified atom stereocenters. The summed E-state index contributed by atoms with van der Waals surface area (Å²) in [5.41, 5.74) is 3.12. The Morgan fingerprint density at radius 3 is 2.48 bits per heavy atom. The zero-order valence-corrected chi connectivity index (χ0v) is 16.4. The van der Waals surface area contributed by atoms with Crippen LogP contribution < -0.4 is 0 Å². The van der Waals surface area contributed by atoms with Crippen molar-refractivity contribution in [3.8, 4) is 0 Å². The Labute approximate surface area is 164 Å². The van der Waals surface area contributed by atoms with E-state index < -0.39 is 0 Å². The highest BCUT2D eigenvalue weighted by atomic mass is 32.2. The van der Waals surface area contributed by atoms with E-state index in [-0.39, 0.29) is 11.0 Å². The molecule has 0 aliphatic heterocycles. The molecule has 1 heterocycles. The van der Waals surface area contributed by atoms with E-state index in [0.29, 0.717) is 5.92 Å². The smallest absolute Gasteiger partial charge is 0.192 e. The minimum atomic E-state index is -0.210. The second kappa shape index (κ2) is 7.69. The summed E-state index contributed by atoms with van der Waals surface area (Å²) < 4.78 is 2.19. The Morgan fingerprint density at radius 2 is 1.81 bits per heavy atom. The number of rotatable bonds is 7. The molecule has 0 spiro atoms. The van der Waals surface area contributed by atoms with Gasteiger partial charge in [0.25, 0.3) is 0 Å². The van der Waals surface area contributed by atoms with Gasteiger partial charge in [0.1, 0.15) is 5.82 Å². The Kier molecular flexibility index (Phi) is 5.12. The van der Waals surface area contributed by atoms with Crippen LogP contribution in [-0.2, 0) is 6.54 Å². The molecule has 0 radical (unpaired) electrons. The van der Waals surface area contributed by atoms with Crippen LogP contribution in [0, 0.1) is 6.92 Å². The van der Waals surface area contributed by atoms with Gasteiger partial charge in [0.05, 0.1) is 11.8 Å². The number of ketones is 1. The van der Waals surface area contributed by atoms with Gasteiger partial charge in [-0.3, -0.25) is 4.79 Å². The molecule has 1 saturated carbocycles. The second-order valence-corrected chi connectivity index (χ2v) is 8.49. The fourth-order valence-corrected chi connectivity index (χ4v) is 4.04. The number of hydrogen-bond donors (Lipinski definition) is 0. The third-order valence-electron chi connectivity index (χ3n) is 4.86. The Hall–Kier alpha value is -2.40. The molecule has 2 aromatic carbocycles. The van der Waals surface area contributed by atoms with E-state index in [4.69, 9.17) is 0 Å². The van der Waals surface area contributed by atoms with E-state index in [2.05, 4.69) is 26.9 Å². The summed E-state index contributed by atoms with van der Waals surface area (Å²) in [5, 5.41) is 9.50. The molecule has 1 fully saturated rings. The average molecular weight is 378 g/mol. The molecular weight excluding hydrogens is 354 g/mol. The van der Waals surface area contributed by atoms with Gasteiger partial charge in [-0.15, -0.1) is 10.2 Å². The molecule has 0 N–H and O–H groups in total. The van der Waals surface area contributed by atoms with E-state index in [1.807, 2.05) is 56.3 Å². The minimum absolute atomic E-state index is 0.127. The monoisotopic (exact) mass is 377 g/mol. The van der Waals surface area contributed by atoms with Crippen molar-refractivity contribution in [3.63, 3.8) is 0 Å². The number of aryl methyl sites for hydroxylation is 1. The molecule has 1 aromatic heterocycles. The molecule has 27 heavy (non-hydrogen) atoms. The number of carbonyl (C=O) groups is 1. The van der Waals surface area contributed by atoms with Crippen LogP contribution in [0.25, 0.3) is 0 Å². The largest absolute Gasteiger partial charge is 0.301 e. The number of aromatic nitrogens is 3. The van der Waals surface area contributed by atoms with Gasteiger partial charge in [0, 0.05) is 11.5 Å². The third-order valence-corrected chi connectivity index (χ3v) is 5.94. The summed E-state index contributed by atoms with van der Waals surface area (Å²) in [5.74, 6) is 1.69. The maximum atomic E-state index is 12.8. The van der Waals surface area contributed by atoms with Gasteiger partial charge in [-0.1, -0.05) is 71.9 Å². The zero-order valence-electron chi connectivity index (χ0n) is 15.6. The molecular formula is C22H23N3OS. The molecule has 1 aliphatic carbocycles. The molecule has 5 heteroatoms. The van der Waals surface area contributed by atoms with Crippen molar-refractivity contribution in [1.82, 2.24) is 14.8 Å². The van der Waals surface area contributed by atoms with Crippen molar-refractivity contribution >= 4 is 17.5 Å². The van der Waals surface area contributed by atoms with E-state index in [9.17, 15) is 4.79 Å². The minimum Gasteiger partial charge on any atom is -0.301 e. The lowest BCUT2D eigenvalue weighted by Gasteiger charge is -2.13. The van der Waals surface area contributed by atoms with Crippen molar-refractivity contribution in [2.24, 2.45) is 0 Å². The normalized spacial score (nSPS) is 14.9. The Bertz CT molecular complexity index is 930. The molecule has 4 nitrogen and oxygen atoms in total. The van der Waals surface area contributed by atoms with Gasteiger partial charge in [0.2, 0.25) is 0 Å². The molecule has 0 amide bonds. The zero-order chi connectivity index (χ0) is 18.8. The lowest BCUT2D eigenvalue weighted by atomic mass is 10.1. The number of benzene rings is 2. The summed E-state index contributed by atoms with van der Waals surface area (Å²) in [6.07, 6.45) is 2.35. The maximum Gasteiger partial charge on any atom is 0.192 e. The topological polar surface area (TPSA) is 47.8 Å². The highest BCUT2D eigenvalue weighted by molar-refractivity contribution is 8.00. The predicted molar refractivity (Wildman–Crippen MR) is 108 cm³/mol. The quantitative estimate of drug-likeness (QED) is 0.435. The SMILES string of the molecule is Cc1ccc(C(=O)[C@H](C)Sc2nnc(C3CC3)n2Cc2ccccc2)cc1. The Morgan fingerprint density at radius 1 is 1.11 bits per heavy atom. The Balaban J connectivity index is 1.56. The van der Waals surface area contributed by atoms with Crippen LogP contribution in [0.2, 0.25) is 0 Å². The first-order valence-corrected chi connectivity index (χ1v) is 10.2. The predicted octanol–water partition coefficient (Wildman–Crippen LogP) is 4.88. The van der Waals surface area contributed by atoms with Gasteiger partial charge in [-0.05, 0) is 32.3 Å². The number of nitrogens with zero attached hydrogens (tertiary/aromatic N) is 3. The highest BCUT2D eigenvalue weighted by Gasteiger charge is 2.31. The highest BCUT2D eigenvalue weighted by Crippen LogP contribution is 2.40. The van der Waals surface area contributed by atoms with Crippen molar-refractivity contribution in [2.75, 3.05) is 0 Å². The van der Waals surface area contributed by atoms with Gasteiger partial charge in [-0.2, -0.15) is 0 Å². The van der Waals surface area contributed by atoms with Crippen LogP contribution >= 0.6 is 11.8 Å². The van der Waals surface area contributed by atoms with Crippen molar-refractivity contribution < 1.29 is 4.79 Å². The molecule has 0 saturated heterocycles. The van der Waals surface area contributed by atoms with Crippen LogP contribution in [0.15, 0.2) is 59.8 Å². The van der Waals surface area contributed by atoms with E-state index in [1.54, 1.807) is 0 Å². The van der Waals surface area contributed by atoms with Gasteiger partial charge >= 0.3 is 0 Å². The van der Waals surface area contributed by atoms with Crippen molar-refractivity contribution in [1.29, 1.82) is 0 Å². The second-order valence-electron chi connectivity index (χ2n) is 7.18. The summed E-state index contributed by atoms with van der Waals surface area (Å²) in [4.78, 5) is 12.8. The third kappa shape index (κ3) is 4.14. The lowest BCUT2D eigenvalue weighted by Crippen LogP contribution is -2.15. The van der Waals surface area contributed by atoms with E-state index in [0.717, 1.165) is 28.7 Å². The lowest BCUT2D eigenvalue weighted by molar-refractivity contribution is 0.0994. The molecule has 0 bridgehead atoms. The standard InChI is InChI=1S/C22H23N3OS/c1-15-8-10-18(11-9-15)20(26)16(2)27-22-24-23-21(19-12-13-19)25(22)14-17-6-4-3-5-7-17/h3-11,16,19H,12-14H2,1-2H3/t16-/m0/s1. The molecule has 4 rings (SSSR count).